The Morgan fingerprint density at radius 2 is 1.35 bits per heavy atom. The molecule has 0 spiro atoms. The Hall–Kier alpha value is -2.53. The lowest BCUT2D eigenvalue weighted by molar-refractivity contribution is -0.131. The highest BCUT2D eigenvalue weighted by Crippen LogP contribution is 2.33. The highest BCUT2D eigenvalue weighted by molar-refractivity contribution is 5.95. The van der Waals surface area contributed by atoms with Crippen molar-refractivity contribution in [3.63, 3.8) is 0 Å². The molecule has 1 amide bonds. The minimum absolute atomic E-state index is 0.114. The predicted octanol–water partition coefficient (Wildman–Crippen LogP) is 2.69. The van der Waals surface area contributed by atoms with E-state index in [1.54, 1.807) is 19.0 Å². The highest BCUT2D eigenvalue weighted by Gasteiger charge is 2.41. The van der Waals surface area contributed by atoms with Gasteiger partial charge in [0, 0.05) is 14.1 Å². The van der Waals surface area contributed by atoms with Gasteiger partial charge in [0.15, 0.2) is 5.41 Å². The minimum Gasteiger partial charge on any atom is -0.347 e. The number of hydrogen-bond donors (Lipinski definition) is 0. The average molecular weight is 263 g/mol. The zero-order valence-electron chi connectivity index (χ0n) is 11.7. The molecular formula is C18H17NO. The lowest BCUT2D eigenvalue weighted by Crippen LogP contribution is -2.43. The number of rotatable bonds is 3. The van der Waals surface area contributed by atoms with Crippen molar-refractivity contribution in [3.05, 3.63) is 71.8 Å². The molecule has 0 N–H and O–H groups in total. The number of carbonyl (C=O) groups excluding carboxylic acids is 1. The number of hydrogen-bond acceptors (Lipinski definition) is 1. The Morgan fingerprint density at radius 1 is 0.950 bits per heavy atom. The zero-order valence-corrected chi connectivity index (χ0v) is 11.7. The monoisotopic (exact) mass is 263 g/mol. The molecule has 0 aliphatic rings. The van der Waals surface area contributed by atoms with Crippen molar-refractivity contribution < 1.29 is 4.79 Å². The van der Waals surface area contributed by atoms with Crippen molar-refractivity contribution in [3.8, 4) is 12.3 Å². The normalized spacial score (nSPS) is 10.7. The van der Waals surface area contributed by atoms with Gasteiger partial charge in [-0.15, -0.1) is 6.42 Å². The van der Waals surface area contributed by atoms with Crippen LogP contribution in [0.25, 0.3) is 0 Å². The summed E-state index contributed by atoms with van der Waals surface area (Å²) in [5.41, 5.74) is 0.547. The van der Waals surface area contributed by atoms with Gasteiger partial charge in [-0.05, 0) is 11.1 Å². The summed E-state index contributed by atoms with van der Waals surface area (Å²) in [4.78, 5) is 14.3. The summed E-state index contributed by atoms with van der Waals surface area (Å²) in [5.74, 6) is 2.62. The quantitative estimate of drug-likeness (QED) is 0.780. The van der Waals surface area contributed by atoms with Gasteiger partial charge in [-0.1, -0.05) is 66.6 Å². The van der Waals surface area contributed by atoms with Crippen LogP contribution < -0.4 is 0 Å². The molecule has 0 aromatic heterocycles. The molecule has 0 heterocycles. The Kier molecular flexibility index (Phi) is 3.91. The standard InChI is InChI=1S/C18H17NO/c1-4-18(17(20)19(2)3,15-11-7-5-8-12-15)16-13-9-6-10-14-16/h1,5-14H,2-3H3. The largest absolute Gasteiger partial charge is 0.347 e. The van der Waals surface area contributed by atoms with Gasteiger partial charge in [-0.25, -0.2) is 0 Å². The van der Waals surface area contributed by atoms with E-state index in [0.717, 1.165) is 11.1 Å². The van der Waals surface area contributed by atoms with Gasteiger partial charge in [0.2, 0.25) is 5.91 Å². The van der Waals surface area contributed by atoms with Crippen LogP contribution in [0.15, 0.2) is 60.7 Å². The van der Waals surface area contributed by atoms with Gasteiger partial charge in [0.1, 0.15) is 0 Å². The van der Waals surface area contributed by atoms with Gasteiger partial charge in [-0.3, -0.25) is 4.79 Å². The Morgan fingerprint density at radius 3 is 1.65 bits per heavy atom. The van der Waals surface area contributed by atoms with E-state index in [-0.39, 0.29) is 5.91 Å². The second kappa shape index (κ2) is 5.63. The summed E-state index contributed by atoms with van der Waals surface area (Å²) in [6.45, 7) is 0. The molecule has 0 atom stereocenters. The molecule has 0 saturated heterocycles. The molecule has 0 unspecified atom stereocenters. The van der Waals surface area contributed by atoms with Crippen LogP contribution in [0.5, 0.6) is 0 Å². The molecule has 2 aromatic carbocycles. The molecule has 0 radical (unpaired) electrons. The van der Waals surface area contributed by atoms with Crippen LogP contribution in [0.1, 0.15) is 11.1 Å². The minimum atomic E-state index is -1.08. The molecule has 0 aliphatic carbocycles. The summed E-state index contributed by atoms with van der Waals surface area (Å²) in [7, 11) is 3.45. The molecule has 0 saturated carbocycles. The van der Waals surface area contributed by atoms with Crippen molar-refractivity contribution in [2.45, 2.75) is 5.41 Å². The molecule has 0 bridgehead atoms. The number of nitrogens with zero attached hydrogens (tertiary/aromatic N) is 1. The fourth-order valence-corrected chi connectivity index (χ4v) is 2.35. The van der Waals surface area contributed by atoms with Gasteiger partial charge < -0.3 is 4.90 Å². The van der Waals surface area contributed by atoms with Gasteiger partial charge in [0.05, 0.1) is 0 Å². The fourth-order valence-electron chi connectivity index (χ4n) is 2.35. The third-order valence-corrected chi connectivity index (χ3v) is 3.36. The third kappa shape index (κ3) is 2.19. The van der Waals surface area contributed by atoms with E-state index in [1.165, 1.54) is 0 Å². The van der Waals surface area contributed by atoms with E-state index in [2.05, 4.69) is 5.92 Å². The molecule has 2 heteroatoms. The van der Waals surface area contributed by atoms with Crippen LogP contribution in [0, 0.1) is 12.3 Å². The number of carbonyl (C=O) groups is 1. The van der Waals surface area contributed by atoms with E-state index < -0.39 is 5.41 Å². The molecule has 2 rings (SSSR count). The molecule has 100 valence electrons. The van der Waals surface area contributed by atoms with Crippen molar-refractivity contribution in [2.24, 2.45) is 0 Å². The molecule has 0 fully saturated rings. The van der Waals surface area contributed by atoms with E-state index in [9.17, 15) is 4.79 Å². The number of terminal acetylenes is 1. The Labute approximate surface area is 120 Å². The van der Waals surface area contributed by atoms with E-state index >= 15 is 0 Å². The lowest BCUT2D eigenvalue weighted by atomic mass is 9.74. The maximum Gasteiger partial charge on any atom is 0.249 e. The van der Waals surface area contributed by atoms with Crippen molar-refractivity contribution in [1.82, 2.24) is 4.90 Å². The molecule has 0 aliphatic heterocycles. The Balaban J connectivity index is 2.72. The van der Waals surface area contributed by atoms with Gasteiger partial charge in [-0.2, -0.15) is 0 Å². The summed E-state index contributed by atoms with van der Waals surface area (Å²) < 4.78 is 0. The first-order valence-electron chi connectivity index (χ1n) is 6.43. The average Bonchev–Trinajstić information content (AvgIpc) is 2.50. The summed E-state index contributed by atoms with van der Waals surface area (Å²) >= 11 is 0. The van der Waals surface area contributed by atoms with Crippen LogP contribution in [-0.4, -0.2) is 24.9 Å². The SMILES string of the molecule is C#CC(C(=O)N(C)C)(c1ccccc1)c1ccccc1. The van der Waals surface area contributed by atoms with Crippen molar-refractivity contribution >= 4 is 5.91 Å². The summed E-state index contributed by atoms with van der Waals surface area (Å²) in [5, 5.41) is 0. The van der Waals surface area contributed by atoms with Crippen molar-refractivity contribution in [2.75, 3.05) is 14.1 Å². The second-order valence-corrected chi connectivity index (χ2v) is 4.83. The summed E-state index contributed by atoms with van der Waals surface area (Å²) in [6.07, 6.45) is 5.81. The van der Waals surface area contributed by atoms with Crippen LogP contribution in [0.4, 0.5) is 0 Å². The topological polar surface area (TPSA) is 20.3 Å². The zero-order chi connectivity index (χ0) is 14.6. The third-order valence-electron chi connectivity index (χ3n) is 3.36. The van der Waals surface area contributed by atoms with Crippen molar-refractivity contribution in [1.29, 1.82) is 0 Å². The van der Waals surface area contributed by atoms with E-state index in [4.69, 9.17) is 6.42 Å². The van der Waals surface area contributed by atoms with Crippen LogP contribution in [-0.2, 0) is 10.2 Å². The fraction of sp³-hybridized carbons (Fsp3) is 0.167. The Bertz CT molecular complexity index is 584. The maximum atomic E-state index is 12.8. The molecular weight excluding hydrogens is 246 g/mol. The van der Waals surface area contributed by atoms with Crippen LogP contribution in [0.3, 0.4) is 0 Å². The van der Waals surface area contributed by atoms with Crippen LogP contribution >= 0.6 is 0 Å². The second-order valence-electron chi connectivity index (χ2n) is 4.83. The molecule has 20 heavy (non-hydrogen) atoms. The predicted molar refractivity (Wildman–Crippen MR) is 81.2 cm³/mol. The van der Waals surface area contributed by atoms with E-state index in [1.807, 2.05) is 60.7 Å². The van der Waals surface area contributed by atoms with Gasteiger partial charge >= 0.3 is 0 Å². The first kappa shape index (κ1) is 13.9. The van der Waals surface area contributed by atoms with Crippen LogP contribution in [0.2, 0.25) is 0 Å². The maximum absolute atomic E-state index is 12.8. The van der Waals surface area contributed by atoms with E-state index in [0.29, 0.717) is 0 Å². The first-order valence-corrected chi connectivity index (χ1v) is 6.43. The smallest absolute Gasteiger partial charge is 0.249 e. The number of likely N-dealkylation sites (N-methyl/N-ethyl adjacent to an activating group) is 1. The van der Waals surface area contributed by atoms with Gasteiger partial charge in [0.25, 0.3) is 0 Å². The number of benzene rings is 2. The molecule has 2 aromatic rings. The lowest BCUT2D eigenvalue weighted by Gasteiger charge is -2.31. The summed E-state index contributed by atoms with van der Waals surface area (Å²) in [6, 6.07) is 19.0. The highest BCUT2D eigenvalue weighted by atomic mass is 16.2. The number of amides is 1. The first-order chi connectivity index (χ1) is 9.63. The molecule has 2 nitrogen and oxygen atoms in total.